The summed E-state index contributed by atoms with van der Waals surface area (Å²) in [7, 11) is -1.94. The van der Waals surface area contributed by atoms with Crippen LogP contribution in [0.25, 0.3) is 0 Å². The zero-order valence-corrected chi connectivity index (χ0v) is 29.3. The summed E-state index contributed by atoms with van der Waals surface area (Å²) in [5.74, 6) is 0. The molecule has 0 saturated heterocycles. The summed E-state index contributed by atoms with van der Waals surface area (Å²) in [4.78, 5) is 6.92. The van der Waals surface area contributed by atoms with Crippen molar-refractivity contribution in [2.75, 3.05) is 14.7 Å². The molecule has 0 aliphatic carbocycles. The van der Waals surface area contributed by atoms with Gasteiger partial charge in [-0.05, 0) is 89.2 Å². The minimum absolute atomic E-state index is 0.686. The molecule has 0 unspecified atom stereocenters. The quantitative estimate of drug-likeness (QED) is 0.156. The van der Waals surface area contributed by atoms with Crippen molar-refractivity contribution in [1.82, 2.24) is 0 Å². The molecule has 3 nitrogen and oxygen atoms in total. The number of hydrogen-bond acceptors (Lipinski definition) is 3. The van der Waals surface area contributed by atoms with E-state index in [0.29, 0.717) is 5.02 Å². The predicted molar refractivity (Wildman–Crippen MR) is 212 cm³/mol. The van der Waals surface area contributed by atoms with Crippen LogP contribution in [0, 0.1) is 0 Å². The molecule has 0 saturated carbocycles. The van der Waals surface area contributed by atoms with Crippen LogP contribution in [0.2, 0.25) is 18.1 Å². The normalized spacial score (nSPS) is 12.9. The van der Waals surface area contributed by atoms with Crippen molar-refractivity contribution in [3.8, 4) is 0 Å². The molecule has 1 aliphatic rings. The zero-order chi connectivity index (χ0) is 33.4. The Morgan fingerprint density at radius 3 is 1.33 bits per heavy atom. The average molecular weight is 670 g/mol. The lowest BCUT2D eigenvalue weighted by Gasteiger charge is -2.41. The smallest absolute Gasteiger partial charge is 0.117 e. The van der Waals surface area contributed by atoms with E-state index in [2.05, 4.69) is 210 Å². The molecule has 49 heavy (non-hydrogen) atoms. The van der Waals surface area contributed by atoms with Gasteiger partial charge in [0.05, 0.1) is 16.4 Å². The SMILES string of the molecule is C[Si]1(C)c2ccccc2N(c2cccc(N(c3ccccc3)c3cccc(N(c4ccccc4)c4ccccc4)c3)c2Cl)c2ccccc21. The van der Waals surface area contributed by atoms with Crippen LogP contribution >= 0.6 is 11.6 Å². The molecular formula is C44H36ClN3Si. The van der Waals surface area contributed by atoms with E-state index in [-0.39, 0.29) is 0 Å². The van der Waals surface area contributed by atoms with Crippen molar-refractivity contribution in [2.45, 2.75) is 13.1 Å². The molecule has 0 fully saturated rings. The lowest BCUT2D eigenvalue weighted by molar-refractivity contribution is 1.24. The van der Waals surface area contributed by atoms with Crippen LogP contribution in [0.1, 0.15) is 0 Å². The van der Waals surface area contributed by atoms with Gasteiger partial charge in [-0.3, -0.25) is 0 Å². The molecule has 0 aromatic heterocycles. The fourth-order valence-electron chi connectivity index (χ4n) is 7.16. The third-order valence-corrected chi connectivity index (χ3v) is 13.4. The largest absolute Gasteiger partial charge is 0.310 e. The molecule has 0 radical (unpaired) electrons. The fourth-order valence-corrected chi connectivity index (χ4v) is 10.4. The van der Waals surface area contributed by atoms with E-state index < -0.39 is 8.07 Å². The first-order valence-corrected chi connectivity index (χ1v) is 20.0. The van der Waals surface area contributed by atoms with E-state index in [9.17, 15) is 0 Å². The Morgan fingerprint density at radius 2 is 0.796 bits per heavy atom. The van der Waals surface area contributed by atoms with Crippen LogP contribution in [-0.2, 0) is 0 Å². The Hall–Kier alpha value is -5.55. The molecule has 0 atom stereocenters. The summed E-state index contributed by atoms with van der Waals surface area (Å²) in [5, 5.41) is 3.50. The molecule has 7 aromatic carbocycles. The number of fused-ring (bicyclic) bond motifs is 2. The van der Waals surface area contributed by atoms with Gasteiger partial charge in [-0.1, -0.05) is 128 Å². The highest BCUT2D eigenvalue weighted by Gasteiger charge is 2.39. The van der Waals surface area contributed by atoms with Gasteiger partial charge in [0, 0.05) is 39.8 Å². The number of nitrogens with zero attached hydrogens (tertiary/aromatic N) is 3. The summed E-state index contributed by atoms with van der Waals surface area (Å²) in [6.45, 7) is 4.89. The maximum absolute atomic E-state index is 7.65. The van der Waals surface area contributed by atoms with Gasteiger partial charge >= 0.3 is 0 Å². The van der Waals surface area contributed by atoms with Gasteiger partial charge in [0.2, 0.25) is 0 Å². The van der Waals surface area contributed by atoms with Gasteiger partial charge in [0.25, 0.3) is 0 Å². The van der Waals surface area contributed by atoms with E-state index in [1.54, 1.807) is 0 Å². The van der Waals surface area contributed by atoms with Crippen molar-refractivity contribution in [2.24, 2.45) is 0 Å². The summed E-state index contributed by atoms with van der Waals surface area (Å²) in [6, 6.07) is 64.3. The Bertz CT molecular complexity index is 2150. The van der Waals surface area contributed by atoms with Crippen LogP contribution in [-0.4, -0.2) is 8.07 Å². The maximum atomic E-state index is 7.65. The van der Waals surface area contributed by atoms with Gasteiger partial charge in [-0.25, -0.2) is 0 Å². The lowest BCUT2D eigenvalue weighted by atomic mass is 10.1. The first kappa shape index (κ1) is 30.8. The summed E-state index contributed by atoms with van der Waals surface area (Å²) < 4.78 is 0. The molecule has 0 spiro atoms. The van der Waals surface area contributed by atoms with Gasteiger partial charge in [0.1, 0.15) is 8.07 Å². The highest BCUT2D eigenvalue weighted by molar-refractivity contribution is 7.02. The molecule has 0 amide bonds. The predicted octanol–water partition coefficient (Wildman–Crippen LogP) is 11.9. The maximum Gasteiger partial charge on any atom is 0.117 e. The second-order valence-corrected chi connectivity index (χ2v) is 17.5. The van der Waals surface area contributed by atoms with E-state index in [4.69, 9.17) is 11.6 Å². The third-order valence-electron chi connectivity index (χ3n) is 9.47. The van der Waals surface area contributed by atoms with Gasteiger partial charge in [-0.15, -0.1) is 0 Å². The topological polar surface area (TPSA) is 9.72 Å². The number of benzene rings is 7. The average Bonchev–Trinajstić information content (AvgIpc) is 3.15. The van der Waals surface area contributed by atoms with E-state index >= 15 is 0 Å². The molecule has 0 bridgehead atoms. The molecule has 0 N–H and O–H groups in total. The molecule has 238 valence electrons. The Balaban J connectivity index is 1.31. The number of rotatable bonds is 7. The number of para-hydroxylation sites is 5. The Labute approximate surface area is 294 Å². The van der Waals surface area contributed by atoms with Crippen molar-refractivity contribution < 1.29 is 0 Å². The van der Waals surface area contributed by atoms with Crippen molar-refractivity contribution in [3.05, 3.63) is 187 Å². The van der Waals surface area contributed by atoms with Crippen molar-refractivity contribution in [1.29, 1.82) is 0 Å². The molecule has 8 rings (SSSR count). The molecule has 7 aromatic rings. The van der Waals surface area contributed by atoms with Gasteiger partial charge in [-0.2, -0.15) is 0 Å². The second-order valence-electron chi connectivity index (χ2n) is 12.8. The first-order chi connectivity index (χ1) is 24.0. The first-order valence-electron chi connectivity index (χ1n) is 16.7. The number of hydrogen-bond donors (Lipinski definition) is 0. The zero-order valence-electron chi connectivity index (χ0n) is 27.5. The van der Waals surface area contributed by atoms with Gasteiger partial charge in [0.15, 0.2) is 0 Å². The minimum atomic E-state index is -1.94. The lowest BCUT2D eigenvalue weighted by Crippen LogP contribution is -2.58. The standard InChI is InChI=1S/C44H36ClN3Si/c1-49(2)42-30-14-12-26-38(42)48(39-27-13-15-31-43(39)49)41-29-17-28-40(44(41)45)47(35-22-10-5-11-23-35)37-25-16-24-36(32-37)46(33-18-6-3-7-19-33)34-20-8-4-9-21-34/h3-32H,1-2H3. The number of halogens is 1. The highest BCUT2D eigenvalue weighted by atomic mass is 35.5. The molecule has 1 heterocycles. The molecule has 1 aliphatic heterocycles. The Morgan fingerprint density at radius 1 is 0.408 bits per heavy atom. The Kier molecular flexibility index (Phi) is 8.04. The van der Waals surface area contributed by atoms with E-state index in [0.717, 1.165) is 39.8 Å². The third kappa shape index (κ3) is 5.49. The second kappa shape index (κ2) is 12.8. The van der Waals surface area contributed by atoms with Crippen LogP contribution in [0.5, 0.6) is 0 Å². The van der Waals surface area contributed by atoms with Crippen molar-refractivity contribution in [3.63, 3.8) is 0 Å². The summed E-state index contributed by atoms with van der Waals surface area (Å²) >= 11 is 7.65. The highest BCUT2D eigenvalue weighted by Crippen LogP contribution is 2.48. The van der Waals surface area contributed by atoms with E-state index in [1.165, 1.54) is 21.7 Å². The van der Waals surface area contributed by atoms with Crippen LogP contribution < -0.4 is 25.1 Å². The summed E-state index contributed by atoms with van der Waals surface area (Å²) in [6.07, 6.45) is 0. The van der Waals surface area contributed by atoms with E-state index in [1.807, 2.05) is 0 Å². The van der Waals surface area contributed by atoms with Crippen molar-refractivity contribution >= 4 is 81.2 Å². The molecular weight excluding hydrogens is 634 g/mol. The van der Waals surface area contributed by atoms with Crippen LogP contribution in [0.4, 0.5) is 51.2 Å². The molecule has 5 heteroatoms. The van der Waals surface area contributed by atoms with Gasteiger partial charge < -0.3 is 14.7 Å². The minimum Gasteiger partial charge on any atom is -0.310 e. The monoisotopic (exact) mass is 669 g/mol. The fraction of sp³-hybridized carbons (Fsp3) is 0.0455. The number of anilines is 9. The summed E-state index contributed by atoms with van der Waals surface area (Å²) in [5.41, 5.74) is 9.52. The van der Waals surface area contributed by atoms with Crippen LogP contribution in [0.15, 0.2) is 182 Å². The van der Waals surface area contributed by atoms with Crippen LogP contribution in [0.3, 0.4) is 0 Å².